The monoisotopic (exact) mass is 551 g/mol. The first-order chi connectivity index (χ1) is 19.7. The number of nitrogens with zero attached hydrogens (tertiary/aromatic N) is 1. The van der Waals surface area contributed by atoms with E-state index in [1.807, 2.05) is 75.4 Å². The van der Waals surface area contributed by atoms with Gasteiger partial charge in [0.1, 0.15) is 11.4 Å². The molecular weight excluding hydrogens is 514 g/mol. The zero-order valence-electron chi connectivity index (χ0n) is 23.9. The number of carbonyl (C=O) groups is 2. The van der Waals surface area contributed by atoms with Gasteiger partial charge < -0.3 is 19.1 Å². The van der Waals surface area contributed by atoms with Gasteiger partial charge in [0.2, 0.25) is 0 Å². The molecule has 41 heavy (non-hydrogen) atoms. The number of Topliss-reactive ketones (excluding diaryl/α,β-unsaturated/α-hetero) is 1. The normalized spacial score (nSPS) is 17.3. The van der Waals surface area contributed by atoms with E-state index in [1.54, 1.807) is 17.0 Å². The SMILES string of the molecule is CC(C)(C)OC(=O)N1CCC(c2ccc(OCC(=O)c3ccccc3)cc2)C(OCc2ccc3ccccc3c2)C1. The highest BCUT2D eigenvalue weighted by Gasteiger charge is 2.35. The molecule has 0 aromatic heterocycles. The zero-order valence-corrected chi connectivity index (χ0v) is 23.9. The molecule has 6 heteroatoms. The van der Waals surface area contributed by atoms with Crippen molar-refractivity contribution in [3.05, 3.63) is 114 Å². The zero-order chi connectivity index (χ0) is 28.8. The first kappa shape index (κ1) is 28.4. The van der Waals surface area contributed by atoms with Crippen LogP contribution in [-0.4, -0.2) is 48.2 Å². The number of rotatable bonds is 8. The minimum atomic E-state index is -0.562. The number of carbonyl (C=O) groups excluding carboxylic acids is 2. The van der Waals surface area contributed by atoms with Gasteiger partial charge in [-0.3, -0.25) is 4.79 Å². The average molecular weight is 552 g/mol. The molecule has 1 fully saturated rings. The Morgan fingerprint density at radius 1 is 0.854 bits per heavy atom. The van der Waals surface area contributed by atoms with Gasteiger partial charge in [-0.25, -0.2) is 4.79 Å². The summed E-state index contributed by atoms with van der Waals surface area (Å²) in [5.41, 5.74) is 2.27. The van der Waals surface area contributed by atoms with E-state index in [2.05, 4.69) is 30.3 Å². The maximum absolute atomic E-state index is 12.9. The number of ketones is 1. The van der Waals surface area contributed by atoms with Crippen molar-refractivity contribution in [3.63, 3.8) is 0 Å². The summed E-state index contributed by atoms with van der Waals surface area (Å²) >= 11 is 0. The molecule has 1 aliphatic rings. The third-order valence-corrected chi connectivity index (χ3v) is 7.26. The molecule has 1 amide bonds. The molecule has 2 unspecified atom stereocenters. The van der Waals surface area contributed by atoms with E-state index in [1.165, 1.54) is 10.8 Å². The standard InChI is InChI=1S/C35H37NO5/c1-35(2,3)41-34(38)36-20-19-31(33(22-36)40-23-25-13-14-26-9-7-8-12-29(26)21-25)27-15-17-30(18-16-27)39-24-32(37)28-10-5-4-6-11-28/h4-18,21,31,33H,19-20,22-24H2,1-3H3. The lowest BCUT2D eigenvalue weighted by Crippen LogP contribution is -2.48. The lowest BCUT2D eigenvalue weighted by Gasteiger charge is -2.39. The number of likely N-dealkylation sites (tertiary alicyclic amines) is 1. The molecule has 1 heterocycles. The summed E-state index contributed by atoms with van der Waals surface area (Å²) in [5.74, 6) is 0.665. The van der Waals surface area contributed by atoms with Gasteiger partial charge in [-0.15, -0.1) is 0 Å². The second-order valence-corrected chi connectivity index (χ2v) is 11.5. The maximum atomic E-state index is 12.9. The van der Waals surface area contributed by atoms with Crippen LogP contribution in [0.5, 0.6) is 5.75 Å². The second-order valence-electron chi connectivity index (χ2n) is 11.5. The summed E-state index contributed by atoms with van der Waals surface area (Å²) in [6, 6.07) is 31.6. The third kappa shape index (κ3) is 7.53. The van der Waals surface area contributed by atoms with Crippen molar-refractivity contribution < 1.29 is 23.8 Å². The van der Waals surface area contributed by atoms with E-state index in [9.17, 15) is 9.59 Å². The summed E-state index contributed by atoms with van der Waals surface area (Å²) in [7, 11) is 0. The van der Waals surface area contributed by atoms with Crippen LogP contribution >= 0.6 is 0 Å². The largest absolute Gasteiger partial charge is 0.485 e. The van der Waals surface area contributed by atoms with Gasteiger partial charge in [0.05, 0.1) is 19.3 Å². The van der Waals surface area contributed by atoms with Crippen LogP contribution < -0.4 is 4.74 Å². The minimum absolute atomic E-state index is 0.0187. The predicted octanol–water partition coefficient (Wildman–Crippen LogP) is 7.41. The molecule has 6 nitrogen and oxygen atoms in total. The number of amides is 1. The Morgan fingerprint density at radius 2 is 1.56 bits per heavy atom. The molecular formula is C35H37NO5. The number of hydrogen-bond donors (Lipinski definition) is 0. The number of fused-ring (bicyclic) bond motifs is 1. The van der Waals surface area contributed by atoms with Crippen molar-refractivity contribution >= 4 is 22.6 Å². The summed E-state index contributed by atoms with van der Waals surface area (Å²) < 4.78 is 18.0. The fraction of sp³-hybridized carbons (Fsp3) is 0.314. The highest BCUT2D eigenvalue weighted by Crippen LogP contribution is 2.33. The maximum Gasteiger partial charge on any atom is 0.410 e. The molecule has 0 N–H and O–H groups in total. The van der Waals surface area contributed by atoms with Gasteiger partial charge in [-0.2, -0.15) is 0 Å². The van der Waals surface area contributed by atoms with Crippen molar-refractivity contribution in [2.45, 2.75) is 51.4 Å². The summed E-state index contributed by atoms with van der Waals surface area (Å²) in [6.07, 6.45) is 0.213. The Hall–Kier alpha value is -4.16. The highest BCUT2D eigenvalue weighted by molar-refractivity contribution is 5.97. The van der Waals surface area contributed by atoms with E-state index in [0.717, 1.165) is 17.5 Å². The average Bonchev–Trinajstić information content (AvgIpc) is 2.98. The van der Waals surface area contributed by atoms with Gasteiger partial charge in [0.25, 0.3) is 0 Å². The molecule has 4 aromatic carbocycles. The van der Waals surface area contributed by atoms with Crippen LogP contribution in [0.3, 0.4) is 0 Å². The molecule has 1 saturated heterocycles. The first-order valence-corrected chi connectivity index (χ1v) is 14.1. The van der Waals surface area contributed by atoms with Crippen molar-refractivity contribution in [2.24, 2.45) is 0 Å². The van der Waals surface area contributed by atoms with Gasteiger partial charge in [0.15, 0.2) is 12.4 Å². The fourth-order valence-corrected chi connectivity index (χ4v) is 5.16. The quantitative estimate of drug-likeness (QED) is 0.213. The Kier molecular flexibility index (Phi) is 8.70. The Labute approximate surface area is 241 Å². The number of ether oxygens (including phenoxy) is 3. The van der Waals surface area contributed by atoms with Crippen molar-refractivity contribution in [3.8, 4) is 5.75 Å². The van der Waals surface area contributed by atoms with E-state index in [4.69, 9.17) is 14.2 Å². The first-order valence-electron chi connectivity index (χ1n) is 14.1. The molecule has 4 aromatic rings. The van der Waals surface area contributed by atoms with Crippen LogP contribution in [0, 0.1) is 0 Å². The van der Waals surface area contributed by atoms with E-state index >= 15 is 0 Å². The van der Waals surface area contributed by atoms with Crippen molar-refractivity contribution in [1.82, 2.24) is 4.90 Å². The van der Waals surface area contributed by atoms with Crippen molar-refractivity contribution in [2.75, 3.05) is 19.7 Å². The second kappa shape index (κ2) is 12.6. The lowest BCUT2D eigenvalue weighted by molar-refractivity contribution is -0.0359. The van der Waals surface area contributed by atoms with Crippen LogP contribution in [0.15, 0.2) is 97.1 Å². The summed E-state index contributed by atoms with van der Waals surface area (Å²) in [6.45, 7) is 7.08. The molecule has 0 aliphatic carbocycles. The van der Waals surface area contributed by atoms with E-state index < -0.39 is 5.60 Å². The van der Waals surface area contributed by atoms with Crippen LogP contribution in [0.4, 0.5) is 4.79 Å². The van der Waals surface area contributed by atoms with Crippen LogP contribution in [0.2, 0.25) is 0 Å². The summed E-state index contributed by atoms with van der Waals surface area (Å²) in [4.78, 5) is 27.1. The number of benzene rings is 4. The molecule has 2 atom stereocenters. The Morgan fingerprint density at radius 3 is 2.29 bits per heavy atom. The molecule has 1 aliphatic heterocycles. The van der Waals surface area contributed by atoms with Crippen LogP contribution in [-0.2, 0) is 16.1 Å². The topological polar surface area (TPSA) is 65.1 Å². The lowest BCUT2D eigenvalue weighted by atomic mass is 9.87. The van der Waals surface area contributed by atoms with Gasteiger partial charge in [0, 0.05) is 18.0 Å². The molecule has 0 bridgehead atoms. The molecule has 0 spiro atoms. The number of piperidine rings is 1. The van der Waals surface area contributed by atoms with E-state index in [0.29, 0.717) is 31.0 Å². The van der Waals surface area contributed by atoms with Gasteiger partial charge in [-0.05, 0) is 67.3 Å². The predicted molar refractivity (Wildman–Crippen MR) is 160 cm³/mol. The molecule has 0 radical (unpaired) electrons. The third-order valence-electron chi connectivity index (χ3n) is 7.26. The van der Waals surface area contributed by atoms with Crippen molar-refractivity contribution in [1.29, 1.82) is 0 Å². The molecule has 0 saturated carbocycles. The van der Waals surface area contributed by atoms with Crippen LogP contribution in [0.25, 0.3) is 10.8 Å². The smallest absolute Gasteiger partial charge is 0.410 e. The Bertz CT molecular complexity index is 1480. The van der Waals surface area contributed by atoms with Gasteiger partial charge >= 0.3 is 6.09 Å². The van der Waals surface area contributed by atoms with E-state index in [-0.39, 0.29) is 30.5 Å². The molecule has 212 valence electrons. The van der Waals surface area contributed by atoms with Crippen LogP contribution in [0.1, 0.15) is 54.6 Å². The summed E-state index contributed by atoms with van der Waals surface area (Å²) in [5, 5.41) is 2.36. The Balaban J connectivity index is 1.28. The highest BCUT2D eigenvalue weighted by atomic mass is 16.6. The number of hydrogen-bond acceptors (Lipinski definition) is 5. The van der Waals surface area contributed by atoms with Gasteiger partial charge in [-0.1, -0.05) is 78.9 Å². The molecule has 5 rings (SSSR count). The fourth-order valence-electron chi connectivity index (χ4n) is 5.16. The minimum Gasteiger partial charge on any atom is -0.485 e.